The molecule has 14 heteroatoms. The topological polar surface area (TPSA) is 180 Å². The van der Waals surface area contributed by atoms with Gasteiger partial charge in [0.15, 0.2) is 5.82 Å². The van der Waals surface area contributed by atoms with Crippen LogP contribution in [-0.2, 0) is 4.57 Å². The number of nitrogens with zero attached hydrogens (tertiary/aromatic N) is 6. The van der Waals surface area contributed by atoms with Crippen LogP contribution in [0.2, 0.25) is 0 Å². The zero-order valence-electron chi connectivity index (χ0n) is 21.6. The van der Waals surface area contributed by atoms with Crippen LogP contribution in [0.4, 0.5) is 17.5 Å². The molecule has 0 spiro atoms. The van der Waals surface area contributed by atoms with Crippen molar-refractivity contribution in [3.05, 3.63) is 90.2 Å². The molecular weight excluding hydrogens is 559 g/mol. The Balaban J connectivity index is 1.23. The Morgan fingerprint density at radius 2 is 1.68 bits per heavy atom. The molecule has 4 aromatic heterocycles. The van der Waals surface area contributed by atoms with Crippen LogP contribution in [0.5, 0.6) is 11.6 Å². The first-order chi connectivity index (χ1) is 19.8. The molecule has 0 bridgehead atoms. The van der Waals surface area contributed by atoms with Gasteiger partial charge in [-0.05, 0) is 49.4 Å². The smallest absolute Gasteiger partial charge is 0.300 e. The SMILES string of the molecule is Cc1csc(-c2nnc(Nc3ccc(Oc4ncccc4-c4ccnc(NP(N)(N)=O)n4)cc3)c3ccccc23)n1. The lowest BCUT2D eigenvalue weighted by Crippen LogP contribution is -2.14. The Kier molecular flexibility index (Phi) is 7.08. The number of hydrogen-bond donors (Lipinski definition) is 4. The number of nitrogens with one attached hydrogen (secondary N) is 2. The fraction of sp³-hybridized carbons (Fsp3) is 0.0370. The van der Waals surface area contributed by atoms with Crippen LogP contribution in [0.1, 0.15) is 5.69 Å². The summed E-state index contributed by atoms with van der Waals surface area (Å²) in [4.78, 5) is 17.3. The summed E-state index contributed by atoms with van der Waals surface area (Å²) in [5, 5.41) is 19.5. The number of fused-ring (bicyclic) bond motifs is 1. The molecular formula is C27H23N10O2PS. The van der Waals surface area contributed by atoms with E-state index < -0.39 is 7.59 Å². The fourth-order valence-electron chi connectivity index (χ4n) is 4.06. The highest BCUT2D eigenvalue weighted by atomic mass is 32.1. The molecule has 6 rings (SSSR count). The van der Waals surface area contributed by atoms with E-state index in [1.807, 2.05) is 60.8 Å². The Morgan fingerprint density at radius 1 is 0.878 bits per heavy atom. The summed E-state index contributed by atoms with van der Waals surface area (Å²) in [7, 11) is -3.56. The van der Waals surface area contributed by atoms with Crippen molar-refractivity contribution in [3.8, 4) is 33.6 Å². The molecule has 0 fully saturated rings. The molecule has 6 aromatic rings. The van der Waals surface area contributed by atoms with Crippen molar-refractivity contribution in [3.63, 3.8) is 0 Å². The third-order valence-electron chi connectivity index (χ3n) is 5.82. The molecule has 0 atom stereocenters. The summed E-state index contributed by atoms with van der Waals surface area (Å²) in [5.74, 6) is 1.55. The second-order valence-corrected chi connectivity index (χ2v) is 11.4. The van der Waals surface area contributed by atoms with E-state index in [0.29, 0.717) is 28.7 Å². The highest BCUT2D eigenvalue weighted by Crippen LogP contribution is 2.34. The Morgan fingerprint density at radius 3 is 2.44 bits per heavy atom. The van der Waals surface area contributed by atoms with Gasteiger partial charge in [0, 0.05) is 39.9 Å². The summed E-state index contributed by atoms with van der Waals surface area (Å²) >= 11 is 1.55. The summed E-state index contributed by atoms with van der Waals surface area (Å²) in [6, 6.07) is 20.6. The van der Waals surface area contributed by atoms with Gasteiger partial charge < -0.3 is 10.1 Å². The second kappa shape index (κ2) is 11.0. The molecule has 6 N–H and O–H groups in total. The fourth-order valence-corrected chi connectivity index (χ4v) is 5.27. The maximum atomic E-state index is 11.7. The molecule has 12 nitrogen and oxygen atoms in total. The molecule has 0 saturated heterocycles. The van der Waals surface area contributed by atoms with Crippen molar-refractivity contribution in [2.75, 3.05) is 10.4 Å². The largest absolute Gasteiger partial charge is 0.438 e. The molecule has 41 heavy (non-hydrogen) atoms. The molecule has 0 aliphatic carbocycles. The summed E-state index contributed by atoms with van der Waals surface area (Å²) in [5.41, 5.74) is 14.4. The summed E-state index contributed by atoms with van der Waals surface area (Å²) in [6.45, 7) is 1.96. The average Bonchev–Trinajstić information content (AvgIpc) is 3.39. The number of rotatable bonds is 8. The van der Waals surface area contributed by atoms with Crippen LogP contribution in [0, 0.1) is 6.92 Å². The third kappa shape index (κ3) is 6.03. The van der Waals surface area contributed by atoms with Crippen LogP contribution in [0.25, 0.3) is 32.7 Å². The number of ether oxygens (including phenoxy) is 1. The van der Waals surface area contributed by atoms with E-state index in [-0.39, 0.29) is 5.95 Å². The van der Waals surface area contributed by atoms with Gasteiger partial charge in [-0.2, -0.15) is 0 Å². The van der Waals surface area contributed by atoms with Gasteiger partial charge >= 0.3 is 0 Å². The number of thiazole rings is 1. The molecule has 0 amide bonds. The van der Waals surface area contributed by atoms with Gasteiger partial charge in [0.1, 0.15) is 16.5 Å². The van der Waals surface area contributed by atoms with Gasteiger partial charge in [0.05, 0.1) is 11.3 Å². The predicted molar refractivity (Wildman–Crippen MR) is 160 cm³/mol. The maximum absolute atomic E-state index is 11.7. The minimum absolute atomic E-state index is 0.0338. The quantitative estimate of drug-likeness (QED) is 0.157. The number of benzene rings is 2. The summed E-state index contributed by atoms with van der Waals surface area (Å²) < 4.78 is 17.8. The lowest BCUT2D eigenvalue weighted by molar-refractivity contribution is 0.465. The van der Waals surface area contributed by atoms with Crippen LogP contribution in [0.3, 0.4) is 0 Å². The van der Waals surface area contributed by atoms with Crippen molar-refractivity contribution >= 4 is 47.2 Å². The van der Waals surface area contributed by atoms with Crippen LogP contribution >= 0.6 is 18.9 Å². The van der Waals surface area contributed by atoms with E-state index in [9.17, 15) is 4.57 Å². The van der Waals surface area contributed by atoms with Gasteiger partial charge in [0.25, 0.3) is 7.59 Å². The first-order valence-corrected chi connectivity index (χ1v) is 15.0. The molecule has 4 heterocycles. The van der Waals surface area contributed by atoms with Gasteiger partial charge in [-0.15, -0.1) is 21.5 Å². The van der Waals surface area contributed by atoms with Crippen molar-refractivity contribution in [1.29, 1.82) is 0 Å². The number of aryl methyl sites for hydroxylation is 1. The summed E-state index contributed by atoms with van der Waals surface area (Å²) in [6.07, 6.45) is 3.11. The zero-order chi connectivity index (χ0) is 28.4. The van der Waals surface area contributed by atoms with E-state index in [4.69, 9.17) is 15.7 Å². The van der Waals surface area contributed by atoms with Crippen molar-refractivity contribution in [2.45, 2.75) is 6.92 Å². The molecule has 0 aliphatic heterocycles. The zero-order valence-corrected chi connectivity index (χ0v) is 23.3. The maximum Gasteiger partial charge on any atom is 0.300 e. The third-order valence-corrected chi connectivity index (χ3v) is 7.33. The van der Waals surface area contributed by atoms with Gasteiger partial charge in [-0.3, -0.25) is 20.7 Å². The molecule has 0 unspecified atom stereocenters. The number of nitrogens with two attached hydrogens (primary N) is 2. The van der Waals surface area contributed by atoms with E-state index in [1.54, 1.807) is 35.7 Å². The van der Waals surface area contributed by atoms with Crippen molar-refractivity contribution in [2.24, 2.45) is 11.0 Å². The number of aromatic nitrogens is 6. The standard InChI is InChI=1S/C27H23N10O2PS/c1-16-15-41-26(32-16)23-19-5-2-3-6-20(19)24(36-35-23)33-17-8-10-18(11-9-17)39-25-21(7-4-13-30-25)22-12-14-31-27(34-22)37-40(28,29)38/h2-15H,1H3,(H,33,36)(H5,28,29,31,34,37,38). The predicted octanol–water partition coefficient (Wildman–Crippen LogP) is 5.89. The highest BCUT2D eigenvalue weighted by Gasteiger charge is 2.16. The van der Waals surface area contributed by atoms with E-state index in [2.05, 4.69) is 40.5 Å². The minimum atomic E-state index is -3.56. The lowest BCUT2D eigenvalue weighted by atomic mass is 10.1. The van der Waals surface area contributed by atoms with E-state index in [0.717, 1.165) is 32.9 Å². The molecule has 0 aliphatic rings. The van der Waals surface area contributed by atoms with Crippen LogP contribution < -0.4 is 26.1 Å². The Hall–Kier alpha value is -4.81. The number of hydrogen-bond acceptors (Lipinski definition) is 10. The van der Waals surface area contributed by atoms with E-state index in [1.165, 1.54) is 6.20 Å². The Labute approximate surface area is 238 Å². The van der Waals surface area contributed by atoms with Gasteiger partial charge in [-0.1, -0.05) is 24.3 Å². The molecule has 0 radical (unpaired) electrons. The first-order valence-electron chi connectivity index (χ1n) is 12.3. The minimum Gasteiger partial charge on any atom is -0.438 e. The second-order valence-electron chi connectivity index (χ2n) is 8.93. The van der Waals surface area contributed by atoms with Crippen molar-refractivity contribution < 1.29 is 9.30 Å². The average molecular weight is 583 g/mol. The Bertz CT molecular complexity index is 1910. The van der Waals surface area contributed by atoms with Crippen LogP contribution in [-0.4, -0.2) is 30.1 Å². The molecule has 0 saturated carbocycles. The van der Waals surface area contributed by atoms with E-state index >= 15 is 0 Å². The molecule has 2 aromatic carbocycles. The number of pyridine rings is 1. The normalized spacial score (nSPS) is 11.4. The van der Waals surface area contributed by atoms with Gasteiger partial charge in [0.2, 0.25) is 11.8 Å². The lowest BCUT2D eigenvalue weighted by Gasteiger charge is -2.13. The molecule has 204 valence electrons. The van der Waals surface area contributed by atoms with Crippen molar-refractivity contribution in [1.82, 2.24) is 30.1 Å². The van der Waals surface area contributed by atoms with Crippen LogP contribution in [0.15, 0.2) is 84.5 Å². The highest BCUT2D eigenvalue weighted by molar-refractivity contribution is 7.60. The monoisotopic (exact) mass is 582 g/mol. The van der Waals surface area contributed by atoms with Gasteiger partial charge in [-0.25, -0.2) is 19.9 Å². The number of anilines is 3. The first kappa shape index (κ1) is 26.4.